The maximum Gasteiger partial charge on any atom is 0.224 e. The summed E-state index contributed by atoms with van der Waals surface area (Å²) in [5, 5.41) is 7.24. The van der Waals surface area contributed by atoms with Crippen molar-refractivity contribution in [3.63, 3.8) is 0 Å². The molecule has 1 amide bonds. The van der Waals surface area contributed by atoms with Crippen molar-refractivity contribution in [1.82, 2.24) is 5.32 Å². The highest BCUT2D eigenvalue weighted by Gasteiger charge is 2.21. The summed E-state index contributed by atoms with van der Waals surface area (Å²) >= 11 is 1.68. The van der Waals surface area contributed by atoms with E-state index in [4.69, 9.17) is 4.74 Å². The third kappa shape index (κ3) is 4.60. The van der Waals surface area contributed by atoms with Gasteiger partial charge in [0.2, 0.25) is 5.91 Å². The number of ether oxygens (including phenoxy) is 1. The minimum Gasteiger partial charge on any atom is -0.494 e. The zero-order valence-corrected chi connectivity index (χ0v) is 14.2. The van der Waals surface area contributed by atoms with Crippen LogP contribution in [0.25, 0.3) is 0 Å². The summed E-state index contributed by atoms with van der Waals surface area (Å²) in [6.45, 7) is 7.53. The number of carbonyl (C=O) groups excluding carboxylic acids is 1. The lowest BCUT2D eigenvalue weighted by Crippen LogP contribution is -2.37. The van der Waals surface area contributed by atoms with Crippen LogP contribution in [0, 0.1) is 0 Å². The van der Waals surface area contributed by atoms with Crippen LogP contribution in [-0.2, 0) is 16.6 Å². The highest BCUT2D eigenvalue weighted by molar-refractivity contribution is 7.08. The Morgan fingerprint density at radius 1 is 1.23 bits per heavy atom. The average molecular weight is 317 g/mol. The Labute approximate surface area is 136 Å². The summed E-state index contributed by atoms with van der Waals surface area (Å²) in [7, 11) is 0. The molecular weight excluding hydrogens is 294 g/mol. The molecule has 0 aliphatic rings. The van der Waals surface area contributed by atoms with E-state index in [1.165, 1.54) is 5.56 Å². The van der Waals surface area contributed by atoms with E-state index in [2.05, 4.69) is 36.0 Å². The van der Waals surface area contributed by atoms with E-state index in [0.29, 0.717) is 19.6 Å². The van der Waals surface area contributed by atoms with Gasteiger partial charge in [-0.3, -0.25) is 4.79 Å². The molecule has 0 fully saturated rings. The van der Waals surface area contributed by atoms with Gasteiger partial charge >= 0.3 is 0 Å². The van der Waals surface area contributed by atoms with E-state index in [0.717, 1.165) is 11.3 Å². The molecule has 0 aliphatic carbocycles. The second-order valence-electron chi connectivity index (χ2n) is 5.93. The van der Waals surface area contributed by atoms with Crippen molar-refractivity contribution >= 4 is 17.2 Å². The zero-order chi connectivity index (χ0) is 16.0. The van der Waals surface area contributed by atoms with Gasteiger partial charge in [0.25, 0.3) is 0 Å². The van der Waals surface area contributed by atoms with Crippen molar-refractivity contribution in [1.29, 1.82) is 0 Å². The van der Waals surface area contributed by atoms with Crippen LogP contribution in [0.2, 0.25) is 0 Å². The van der Waals surface area contributed by atoms with Gasteiger partial charge in [-0.2, -0.15) is 11.3 Å². The third-order valence-electron chi connectivity index (χ3n) is 3.63. The second-order valence-corrected chi connectivity index (χ2v) is 6.71. The van der Waals surface area contributed by atoms with Crippen LogP contribution in [0.3, 0.4) is 0 Å². The predicted octanol–water partition coefficient (Wildman–Crippen LogP) is 3.78. The van der Waals surface area contributed by atoms with Crippen molar-refractivity contribution in [2.75, 3.05) is 13.2 Å². The van der Waals surface area contributed by atoms with Crippen LogP contribution in [0.1, 0.15) is 31.9 Å². The van der Waals surface area contributed by atoms with Gasteiger partial charge in [0.15, 0.2) is 0 Å². The Morgan fingerprint density at radius 3 is 2.55 bits per heavy atom. The molecule has 0 unspecified atom stereocenters. The van der Waals surface area contributed by atoms with Gasteiger partial charge in [0.1, 0.15) is 5.75 Å². The Kier molecular flexibility index (Phi) is 5.61. The number of thiophene rings is 1. The topological polar surface area (TPSA) is 38.3 Å². The number of amides is 1. The molecular formula is C18H23NO2S. The van der Waals surface area contributed by atoms with E-state index >= 15 is 0 Å². The summed E-state index contributed by atoms with van der Waals surface area (Å²) in [5.74, 6) is 0.887. The zero-order valence-electron chi connectivity index (χ0n) is 13.4. The standard InChI is InChI=1S/C18H23NO2S/c1-4-21-16-7-5-14(6-8-16)11-17(20)19-13-18(2,3)15-9-10-22-12-15/h5-10,12H,4,11,13H2,1-3H3,(H,19,20). The number of hydrogen-bond donors (Lipinski definition) is 1. The first-order valence-electron chi connectivity index (χ1n) is 7.52. The van der Waals surface area contributed by atoms with Gasteiger partial charge in [0, 0.05) is 12.0 Å². The summed E-state index contributed by atoms with van der Waals surface area (Å²) in [6, 6.07) is 9.80. The number of rotatable bonds is 7. The van der Waals surface area contributed by atoms with Gasteiger partial charge in [-0.1, -0.05) is 26.0 Å². The highest BCUT2D eigenvalue weighted by atomic mass is 32.1. The second kappa shape index (κ2) is 7.45. The summed E-state index contributed by atoms with van der Waals surface area (Å²) in [4.78, 5) is 12.1. The van der Waals surface area contributed by atoms with Crippen LogP contribution >= 0.6 is 11.3 Å². The number of benzene rings is 1. The van der Waals surface area contributed by atoms with Crippen LogP contribution in [0.5, 0.6) is 5.75 Å². The number of nitrogens with one attached hydrogen (secondary N) is 1. The minimum absolute atomic E-state index is 0.0471. The van der Waals surface area contributed by atoms with Crippen molar-refractivity contribution in [3.05, 3.63) is 52.2 Å². The molecule has 0 bridgehead atoms. The van der Waals surface area contributed by atoms with Crippen LogP contribution < -0.4 is 10.1 Å². The van der Waals surface area contributed by atoms with Crippen molar-refractivity contribution in [3.8, 4) is 5.75 Å². The molecule has 0 radical (unpaired) electrons. The van der Waals surface area contributed by atoms with E-state index < -0.39 is 0 Å². The molecule has 1 N–H and O–H groups in total. The molecule has 2 aromatic rings. The van der Waals surface area contributed by atoms with Crippen LogP contribution in [0.4, 0.5) is 0 Å². The molecule has 2 rings (SSSR count). The normalized spacial score (nSPS) is 11.2. The van der Waals surface area contributed by atoms with E-state index in [-0.39, 0.29) is 11.3 Å². The van der Waals surface area contributed by atoms with E-state index in [9.17, 15) is 4.79 Å². The summed E-state index contributed by atoms with van der Waals surface area (Å²) < 4.78 is 5.40. The molecule has 0 atom stereocenters. The van der Waals surface area contributed by atoms with Gasteiger partial charge < -0.3 is 10.1 Å². The lowest BCUT2D eigenvalue weighted by atomic mass is 9.86. The SMILES string of the molecule is CCOc1ccc(CC(=O)NCC(C)(C)c2ccsc2)cc1. The Balaban J connectivity index is 1.85. The molecule has 4 heteroatoms. The molecule has 0 saturated carbocycles. The molecule has 22 heavy (non-hydrogen) atoms. The molecule has 1 aromatic heterocycles. The van der Waals surface area contributed by atoms with Crippen molar-refractivity contribution < 1.29 is 9.53 Å². The number of carbonyl (C=O) groups is 1. The Morgan fingerprint density at radius 2 is 1.95 bits per heavy atom. The first-order chi connectivity index (χ1) is 10.5. The van der Waals surface area contributed by atoms with Crippen LogP contribution in [0.15, 0.2) is 41.1 Å². The number of hydrogen-bond acceptors (Lipinski definition) is 3. The third-order valence-corrected chi connectivity index (χ3v) is 4.31. The smallest absolute Gasteiger partial charge is 0.224 e. The van der Waals surface area contributed by atoms with Crippen molar-refractivity contribution in [2.24, 2.45) is 0 Å². The van der Waals surface area contributed by atoms with Gasteiger partial charge in [-0.05, 0) is 47.0 Å². The maximum atomic E-state index is 12.1. The summed E-state index contributed by atoms with van der Waals surface area (Å²) in [6.07, 6.45) is 0.395. The quantitative estimate of drug-likeness (QED) is 0.844. The minimum atomic E-state index is -0.0471. The first kappa shape index (κ1) is 16.6. The van der Waals surface area contributed by atoms with Gasteiger partial charge in [-0.15, -0.1) is 0 Å². The molecule has 3 nitrogen and oxygen atoms in total. The largest absolute Gasteiger partial charge is 0.494 e. The fraction of sp³-hybridized carbons (Fsp3) is 0.389. The van der Waals surface area contributed by atoms with E-state index in [1.54, 1.807) is 11.3 Å². The molecule has 118 valence electrons. The van der Waals surface area contributed by atoms with Gasteiger partial charge in [0.05, 0.1) is 13.0 Å². The van der Waals surface area contributed by atoms with Gasteiger partial charge in [-0.25, -0.2) is 0 Å². The molecule has 0 spiro atoms. The summed E-state index contributed by atoms with van der Waals surface area (Å²) in [5.41, 5.74) is 2.21. The van der Waals surface area contributed by atoms with Crippen LogP contribution in [-0.4, -0.2) is 19.1 Å². The molecule has 0 saturated heterocycles. The fourth-order valence-electron chi connectivity index (χ4n) is 2.19. The van der Waals surface area contributed by atoms with E-state index in [1.807, 2.05) is 31.2 Å². The monoisotopic (exact) mass is 317 g/mol. The molecule has 1 heterocycles. The lowest BCUT2D eigenvalue weighted by Gasteiger charge is -2.24. The fourth-order valence-corrected chi connectivity index (χ4v) is 3.04. The Bertz CT molecular complexity index is 588. The van der Waals surface area contributed by atoms with Crippen molar-refractivity contribution in [2.45, 2.75) is 32.6 Å². The first-order valence-corrected chi connectivity index (χ1v) is 8.46. The highest BCUT2D eigenvalue weighted by Crippen LogP contribution is 2.24. The lowest BCUT2D eigenvalue weighted by molar-refractivity contribution is -0.120. The molecule has 0 aliphatic heterocycles. The Hall–Kier alpha value is -1.81. The predicted molar refractivity (Wildman–Crippen MR) is 91.7 cm³/mol. The average Bonchev–Trinajstić information content (AvgIpc) is 3.03. The molecule has 1 aromatic carbocycles. The maximum absolute atomic E-state index is 12.1.